The Bertz CT molecular complexity index is 312. The Morgan fingerprint density at radius 3 is 2.50 bits per heavy atom. The summed E-state index contributed by atoms with van der Waals surface area (Å²) in [5.41, 5.74) is 2.27. The van der Waals surface area contributed by atoms with Gasteiger partial charge in [0.1, 0.15) is 0 Å². The fourth-order valence-corrected chi connectivity index (χ4v) is 1.54. The van der Waals surface area contributed by atoms with E-state index in [9.17, 15) is 9.18 Å². The monoisotopic (exact) mass is 213 g/mol. The molecule has 0 atom stereocenters. The topological polar surface area (TPSA) is 20.3 Å². The van der Waals surface area contributed by atoms with Crippen LogP contribution in [0.2, 0.25) is 0 Å². The van der Waals surface area contributed by atoms with Crippen LogP contribution in [0.4, 0.5) is 9.18 Å². The van der Waals surface area contributed by atoms with Crippen molar-refractivity contribution in [3.8, 4) is 0 Å². The smallest absolute Gasteiger partial charge is 0.261 e. The lowest BCUT2D eigenvalue weighted by molar-refractivity contribution is 0.209. The van der Waals surface area contributed by atoms with E-state index in [4.69, 9.17) is 0 Å². The minimum absolute atomic E-state index is 0.604. The molecule has 4 heteroatoms. The van der Waals surface area contributed by atoms with Crippen LogP contribution in [0.5, 0.6) is 0 Å². The Labute approximate surface area is 87.2 Å². The van der Waals surface area contributed by atoms with E-state index in [1.54, 1.807) is 0 Å². The number of aryl methyl sites for hydroxylation is 1. The second kappa shape index (κ2) is 5.00. The molecule has 0 radical (unpaired) electrons. The standard InChI is InChI=1S/C10H12FNOS/c1-8-3-5-9(6-4-8)7-14-12(2)10(11)13/h3-6H,7H2,1-2H3. The average molecular weight is 213 g/mol. The van der Waals surface area contributed by atoms with Gasteiger partial charge in [0.05, 0.1) is 0 Å². The van der Waals surface area contributed by atoms with Crippen LogP contribution in [0, 0.1) is 6.92 Å². The lowest BCUT2D eigenvalue weighted by Crippen LogP contribution is -2.12. The Hall–Kier alpha value is -1.03. The molecule has 1 aromatic carbocycles. The van der Waals surface area contributed by atoms with Crippen LogP contribution >= 0.6 is 11.9 Å². The van der Waals surface area contributed by atoms with Gasteiger partial charge >= 0.3 is 6.16 Å². The van der Waals surface area contributed by atoms with Gasteiger partial charge in [0.2, 0.25) is 0 Å². The molecule has 0 aliphatic rings. The molecule has 0 fully saturated rings. The van der Waals surface area contributed by atoms with Crippen LogP contribution in [-0.2, 0) is 5.75 Å². The summed E-state index contributed by atoms with van der Waals surface area (Å²) in [5.74, 6) is 0.604. The van der Waals surface area contributed by atoms with Crippen molar-refractivity contribution >= 4 is 18.1 Å². The van der Waals surface area contributed by atoms with Crippen LogP contribution in [0.3, 0.4) is 0 Å². The lowest BCUT2D eigenvalue weighted by atomic mass is 10.2. The van der Waals surface area contributed by atoms with E-state index >= 15 is 0 Å². The van der Waals surface area contributed by atoms with Crippen molar-refractivity contribution < 1.29 is 9.18 Å². The predicted octanol–water partition coefficient (Wildman–Crippen LogP) is 3.16. The number of rotatable bonds is 3. The number of hydrogen-bond donors (Lipinski definition) is 0. The van der Waals surface area contributed by atoms with Crippen LogP contribution < -0.4 is 0 Å². The second-order valence-electron chi connectivity index (χ2n) is 3.01. The highest BCUT2D eigenvalue weighted by molar-refractivity contribution is 7.96. The van der Waals surface area contributed by atoms with Crippen LogP contribution in [0.1, 0.15) is 11.1 Å². The van der Waals surface area contributed by atoms with Gasteiger partial charge in [-0.3, -0.25) is 4.31 Å². The van der Waals surface area contributed by atoms with Crippen molar-refractivity contribution in [3.05, 3.63) is 35.4 Å². The maximum absolute atomic E-state index is 12.1. The van der Waals surface area contributed by atoms with E-state index in [1.807, 2.05) is 31.2 Å². The number of halogens is 1. The van der Waals surface area contributed by atoms with Gasteiger partial charge in [0.15, 0.2) is 0 Å². The molecular weight excluding hydrogens is 201 g/mol. The summed E-state index contributed by atoms with van der Waals surface area (Å²) >= 11 is 1.15. The van der Waals surface area contributed by atoms with E-state index in [1.165, 1.54) is 12.6 Å². The maximum atomic E-state index is 12.1. The normalized spacial score (nSPS) is 9.93. The summed E-state index contributed by atoms with van der Waals surface area (Å²) in [6.07, 6.45) is -1.41. The van der Waals surface area contributed by atoms with E-state index in [0.717, 1.165) is 21.8 Å². The number of amides is 1. The van der Waals surface area contributed by atoms with E-state index < -0.39 is 6.16 Å². The molecule has 0 saturated carbocycles. The molecule has 14 heavy (non-hydrogen) atoms. The molecule has 0 unspecified atom stereocenters. The zero-order valence-electron chi connectivity index (χ0n) is 8.16. The molecule has 1 amide bonds. The predicted molar refractivity (Wildman–Crippen MR) is 56.7 cm³/mol. The zero-order chi connectivity index (χ0) is 10.6. The Kier molecular flexibility index (Phi) is 3.95. The second-order valence-corrected chi connectivity index (χ2v) is 4.10. The molecule has 0 aromatic heterocycles. The molecular formula is C10H12FNOS. The summed E-state index contributed by atoms with van der Waals surface area (Å²) in [4.78, 5) is 10.3. The first kappa shape index (κ1) is 11.0. The summed E-state index contributed by atoms with van der Waals surface area (Å²) in [5, 5.41) is 0. The van der Waals surface area contributed by atoms with Gasteiger partial charge in [-0.05, 0) is 24.4 Å². The quantitative estimate of drug-likeness (QED) is 0.436. The Morgan fingerprint density at radius 2 is 2.00 bits per heavy atom. The Morgan fingerprint density at radius 1 is 1.43 bits per heavy atom. The molecule has 0 N–H and O–H groups in total. The van der Waals surface area contributed by atoms with E-state index in [2.05, 4.69) is 0 Å². The summed E-state index contributed by atoms with van der Waals surface area (Å²) in [7, 11) is 1.42. The molecule has 0 bridgehead atoms. The van der Waals surface area contributed by atoms with Crippen molar-refractivity contribution in [1.29, 1.82) is 0 Å². The summed E-state index contributed by atoms with van der Waals surface area (Å²) in [6, 6.07) is 7.93. The molecule has 0 heterocycles. The summed E-state index contributed by atoms with van der Waals surface area (Å²) in [6.45, 7) is 2.01. The fraction of sp³-hybridized carbons (Fsp3) is 0.300. The first-order chi connectivity index (χ1) is 6.59. The van der Waals surface area contributed by atoms with Gasteiger partial charge in [-0.2, -0.15) is 0 Å². The Balaban J connectivity index is 2.46. The van der Waals surface area contributed by atoms with Crippen molar-refractivity contribution in [1.82, 2.24) is 4.31 Å². The first-order valence-electron chi connectivity index (χ1n) is 4.21. The largest absolute Gasteiger partial charge is 0.409 e. The van der Waals surface area contributed by atoms with Gasteiger partial charge in [0.25, 0.3) is 0 Å². The lowest BCUT2D eigenvalue weighted by Gasteiger charge is -2.10. The molecule has 1 rings (SSSR count). The van der Waals surface area contributed by atoms with E-state index in [-0.39, 0.29) is 0 Å². The number of carbonyl (C=O) groups is 1. The van der Waals surface area contributed by atoms with Gasteiger partial charge < -0.3 is 0 Å². The fourth-order valence-electron chi connectivity index (χ4n) is 0.906. The highest BCUT2D eigenvalue weighted by atomic mass is 32.2. The number of hydrogen-bond acceptors (Lipinski definition) is 2. The molecule has 76 valence electrons. The van der Waals surface area contributed by atoms with Crippen molar-refractivity contribution in [2.45, 2.75) is 12.7 Å². The minimum atomic E-state index is -1.41. The average Bonchev–Trinajstić information content (AvgIpc) is 2.16. The highest BCUT2D eigenvalue weighted by Crippen LogP contribution is 2.16. The van der Waals surface area contributed by atoms with Gasteiger partial charge in [-0.25, -0.2) is 4.79 Å². The number of benzene rings is 1. The third-order valence-corrected chi connectivity index (χ3v) is 2.79. The molecule has 2 nitrogen and oxygen atoms in total. The molecule has 1 aromatic rings. The minimum Gasteiger partial charge on any atom is -0.261 e. The highest BCUT2D eigenvalue weighted by Gasteiger charge is 2.06. The maximum Gasteiger partial charge on any atom is 0.409 e. The SMILES string of the molecule is Cc1ccc(CSN(C)C(=O)F)cc1. The number of nitrogens with zero attached hydrogens (tertiary/aromatic N) is 1. The van der Waals surface area contributed by atoms with E-state index in [0.29, 0.717) is 5.75 Å². The van der Waals surface area contributed by atoms with Crippen molar-refractivity contribution in [2.75, 3.05) is 7.05 Å². The first-order valence-corrected chi connectivity index (χ1v) is 5.15. The number of carbonyl (C=O) groups excluding carboxylic acids is 1. The molecule has 0 saturated heterocycles. The molecule has 0 spiro atoms. The van der Waals surface area contributed by atoms with Crippen molar-refractivity contribution in [3.63, 3.8) is 0 Å². The summed E-state index contributed by atoms with van der Waals surface area (Å²) < 4.78 is 13.1. The van der Waals surface area contributed by atoms with Gasteiger partial charge in [0, 0.05) is 12.8 Å². The van der Waals surface area contributed by atoms with Crippen molar-refractivity contribution in [2.24, 2.45) is 0 Å². The van der Waals surface area contributed by atoms with Gasteiger partial charge in [-0.15, -0.1) is 4.39 Å². The van der Waals surface area contributed by atoms with Crippen LogP contribution in [-0.4, -0.2) is 17.5 Å². The van der Waals surface area contributed by atoms with Crippen LogP contribution in [0.15, 0.2) is 24.3 Å². The third-order valence-electron chi connectivity index (χ3n) is 1.79. The zero-order valence-corrected chi connectivity index (χ0v) is 8.97. The third kappa shape index (κ3) is 3.38. The molecule has 0 aliphatic carbocycles. The molecule has 0 aliphatic heterocycles. The van der Waals surface area contributed by atoms with Crippen LogP contribution in [0.25, 0.3) is 0 Å². The van der Waals surface area contributed by atoms with Gasteiger partial charge in [-0.1, -0.05) is 29.8 Å².